The lowest BCUT2D eigenvalue weighted by atomic mass is 9.98. The van der Waals surface area contributed by atoms with Crippen LogP contribution in [0, 0.1) is 0 Å². The van der Waals surface area contributed by atoms with Gasteiger partial charge in [0.15, 0.2) is 5.78 Å². The zero-order valence-corrected chi connectivity index (χ0v) is 14.2. The molecule has 0 radical (unpaired) electrons. The number of halogens is 1. The number of carbonyl (C=O) groups is 2. The third-order valence-corrected chi connectivity index (χ3v) is 5.37. The SMILES string of the molecule is CN(C(=O)CCC(=O)c1ccc(Cl)cc1)C1CC2CCC(C1)N2. The van der Waals surface area contributed by atoms with Crippen LogP contribution in [0.25, 0.3) is 0 Å². The quantitative estimate of drug-likeness (QED) is 0.842. The van der Waals surface area contributed by atoms with Gasteiger partial charge in [-0.1, -0.05) is 11.6 Å². The van der Waals surface area contributed by atoms with Gasteiger partial charge in [-0.25, -0.2) is 0 Å². The van der Waals surface area contributed by atoms with Gasteiger partial charge in [0, 0.05) is 48.6 Å². The highest BCUT2D eigenvalue weighted by molar-refractivity contribution is 6.30. The van der Waals surface area contributed by atoms with E-state index in [2.05, 4.69) is 5.32 Å². The summed E-state index contributed by atoms with van der Waals surface area (Å²) in [5, 5.41) is 4.20. The molecule has 23 heavy (non-hydrogen) atoms. The Balaban J connectivity index is 1.50. The molecule has 0 aliphatic carbocycles. The first-order valence-electron chi connectivity index (χ1n) is 8.33. The lowest BCUT2D eigenvalue weighted by Gasteiger charge is -2.35. The molecule has 1 aromatic carbocycles. The number of benzene rings is 1. The van der Waals surface area contributed by atoms with Crippen molar-refractivity contribution in [1.82, 2.24) is 10.2 Å². The fourth-order valence-electron chi connectivity index (χ4n) is 3.72. The van der Waals surface area contributed by atoms with Crippen molar-refractivity contribution < 1.29 is 9.59 Å². The van der Waals surface area contributed by atoms with E-state index in [4.69, 9.17) is 11.6 Å². The molecule has 1 N–H and O–H groups in total. The van der Waals surface area contributed by atoms with E-state index in [9.17, 15) is 9.59 Å². The maximum Gasteiger partial charge on any atom is 0.223 e. The molecule has 1 aromatic rings. The molecule has 2 aliphatic rings. The van der Waals surface area contributed by atoms with Gasteiger partial charge in [0.2, 0.25) is 5.91 Å². The standard InChI is InChI=1S/C18H23ClN2O2/c1-21(16-10-14-6-7-15(11-16)20-14)18(23)9-8-17(22)12-2-4-13(19)5-3-12/h2-5,14-16,20H,6-11H2,1H3. The van der Waals surface area contributed by atoms with Crippen molar-refractivity contribution in [2.75, 3.05) is 7.05 Å². The van der Waals surface area contributed by atoms with Crippen molar-refractivity contribution >= 4 is 23.3 Å². The Hall–Kier alpha value is -1.39. The molecule has 2 unspecified atom stereocenters. The van der Waals surface area contributed by atoms with E-state index in [0.29, 0.717) is 28.7 Å². The molecule has 2 saturated heterocycles. The number of hydrogen-bond donors (Lipinski definition) is 1. The lowest BCUT2D eigenvalue weighted by molar-refractivity contribution is -0.132. The van der Waals surface area contributed by atoms with E-state index >= 15 is 0 Å². The maximum atomic E-state index is 12.4. The Kier molecular flexibility index (Phi) is 5.02. The number of ketones is 1. The Morgan fingerprint density at radius 1 is 1.13 bits per heavy atom. The molecule has 2 atom stereocenters. The first-order chi connectivity index (χ1) is 11.0. The molecule has 1 amide bonds. The van der Waals surface area contributed by atoms with Crippen molar-refractivity contribution in [3.05, 3.63) is 34.9 Å². The molecule has 4 nitrogen and oxygen atoms in total. The minimum Gasteiger partial charge on any atom is -0.343 e. The number of nitrogens with zero attached hydrogens (tertiary/aromatic N) is 1. The van der Waals surface area contributed by atoms with Crippen LogP contribution >= 0.6 is 11.6 Å². The molecule has 2 heterocycles. The Morgan fingerprint density at radius 3 is 2.35 bits per heavy atom. The molecule has 124 valence electrons. The highest BCUT2D eigenvalue weighted by Crippen LogP contribution is 2.29. The zero-order chi connectivity index (χ0) is 16.4. The number of rotatable bonds is 5. The average molecular weight is 335 g/mol. The van der Waals surface area contributed by atoms with Gasteiger partial charge < -0.3 is 10.2 Å². The van der Waals surface area contributed by atoms with Gasteiger partial charge in [-0.05, 0) is 49.9 Å². The highest BCUT2D eigenvalue weighted by Gasteiger charge is 2.36. The number of Topliss-reactive ketones (excluding diaryl/α,β-unsaturated/α-hetero) is 1. The second-order valence-electron chi connectivity index (χ2n) is 6.70. The molecule has 2 aliphatic heterocycles. The van der Waals surface area contributed by atoms with Gasteiger partial charge >= 0.3 is 0 Å². The van der Waals surface area contributed by atoms with Crippen molar-refractivity contribution in [3.8, 4) is 0 Å². The van der Waals surface area contributed by atoms with Gasteiger partial charge in [-0.15, -0.1) is 0 Å². The van der Waals surface area contributed by atoms with Crippen molar-refractivity contribution in [1.29, 1.82) is 0 Å². The monoisotopic (exact) mass is 334 g/mol. The molecule has 5 heteroatoms. The topological polar surface area (TPSA) is 49.4 Å². The van der Waals surface area contributed by atoms with Gasteiger partial charge in [0.05, 0.1) is 0 Å². The van der Waals surface area contributed by atoms with Crippen LogP contribution < -0.4 is 5.32 Å². The molecule has 3 rings (SSSR count). The van der Waals surface area contributed by atoms with E-state index in [1.165, 1.54) is 12.8 Å². The first kappa shape index (κ1) is 16.5. The van der Waals surface area contributed by atoms with Crippen LogP contribution in [0.5, 0.6) is 0 Å². The summed E-state index contributed by atoms with van der Waals surface area (Å²) in [6.45, 7) is 0. The Morgan fingerprint density at radius 2 is 1.74 bits per heavy atom. The van der Waals surface area contributed by atoms with Crippen LogP contribution in [-0.2, 0) is 4.79 Å². The molecule has 0 saturated carbocycles. The fourth-order valence-corrected chi connectivity index (χ4v) is 3.85. The van der Waals surface area contributed by atoms with Crippen molar-refractivity contribution in [2.45, 2.75) is 56.7 Å². The largest absolute Gasteiger partial charge is 0.343 e. The summed E-state index contributed by atoms with van der Waals surface area (Å²) >= 11 is 5.82. The predicted molar refractivity (Wildman–Crippen MR) is 90.8 cm³/mol. The molecular weight excluding hydrogens is 312 g/mol. The van der Waals surface area contributed by atoms with Crippen LogP contribution in [0.15, 0.2) is 24.3 Å². The normalized spacial score (nSPS) is 26.1. The molecule has 0 aromatic heterocycles. The summed E-state index contributed by atoms with van der Waals surface area (Å²) in [7, 11) is 1.88. The Bertz CT molecular complexity index is 575. The molecule has 2 fully saturated rings. The third-order valence-electron chi connectivity index (χ3n) is 5.12. The minimum atomic E-state index is -0.00574. The summed E-state index contributed by atoms with van der Waals surface area (Å²) in [4.78, 5) is 26.4. The van der Waals surface area contributed by atoms with Crippen LogP contribution in [0.1, 0.15) is 48.9 Å². The number of piperidine rings is 1. The minimum absolute atomic E-state index is 0.00574. The van der Waals surface area contributed by atoms with Crippen LogP contribution in [0.2, 0.25) is 5.02 Å². The second-order valence-corrected chi connectivity index (χ2v) is 7.13. The van der Waals surface area contributed by atoms with Crippen LogP contribution in [-0.4, -0.2) is 41.8 Å². The number of hydrogen-bond acceptors (Lipinski definition) is 3. The van der Waals surface area contributed by atoms with Gasteiger partial charge in [-0.3, -0.25) is 9.59 Å². The number of nitrogens with one attached hydrogen (secondary N) is 1. The number of carbonyl (C=O) groups excluding carboxylic acids is 2. The molecular formula is C18H23ClN2O2. The van der Waals surface area contributed by atoms with Gasteiger partial charge in [0.25, 0.3) is 0 Å². The number of amides is 1. The third kappa shape index (κ3) is 3.93. The van der Waals surface area contributed by atoms with E-state index in [0.717, 1.165) is 12.8 Å². The molecule has 0 spiro atoms. The predicted octanol–water partition coefficient (Wildman–Crippen LogP) is 3.04. The summed E-state index contributed by atoms with van der Waals surface area (Å²) in [6.07, 6.45) is 5.03. The lowest BCUT2D eigenvalue weighted by Crippen LogP contribution is -2.48. The second kappa shape index (κ2) is 7.02. The Labute approximate surface area is 142 Å². The van der Waals surface area contributed by atoms with Crippen LogP contribution in [0.4, 0.5) is 0 Å². The number of fused-ring (bicyclic) bond motifs is 2. The zero-order valence-electron chi connectivity index (χ0n) is 13.4. The van der Waals surface area contributed by atoms with Crippen molar-refractivity contribution in [2.24, 2.45) is 0 Å². The smallest absolute Gasteiger partial charge is 0.223 e. The van der Waals surface area contributed by atoms with Crippen molar-refractivity contribution in [3.63, 3.8) is 0 Å². The first-order valence-corrected chi connectivity index (χ1v) is 8.71. The summed E-state index contributed by atoms with van der Waals surface area (Å²) in [6, 6.07) is 8.26. The average Bonchev–Trinajstić information content (AvgIpc) is 2.90. The van der Waals surface area contributed by atoms with Gasteiger partial charge in [0.1, 0.15) is 0 Å². The van der Waals surface area contributed by atoms with E-state index in [1.807, 2.05) is 11.9 Å². The fraction of sp³-hybridized carbons (Fsp3) is 0.556. The van der Waals surface area contributed by atoms with E-state index < -0.39 is 0 Å². The van der Waals surface area contributed by atoms with Gasteiger partial charge in [-0.2, -0.15) is 0 Å². The van der Waals surface area contributed by atoms with E-state index in [-0.39, 0.29) is 24.5 Å². The molecule has 2 bridgehead atoms. The summed E-state index contributed by atoms with van der Waals surface area (Å²) in [5.74, 6) is 0.0624. The summed E-state index contributed by atoms with van der Waals surface area (Å²) < 4.78 is 0. The highest BCUT2D eigenvalue weighted by atomic mass is 35.5. The summed E-state index contributed by atoms with van der Waals surface area (Å²) in [5.41, 5.74) is 0.616. The van der Waals surface area contributed by atoms with E-state index in [1.54, 1.807) is 24.3 Å². The van der Waals surface area contributed by atoms with Crippen LogP contribution in [0.3, 0.4) is 0 Å². The maximum absolute atomic E-state index is 12.4.